The van der Waals surface area contributed by atoms with E-state index in [-0.39, 0.29) is 36.0 Å². The van der Waals surface area contributed by atoms with Crippen molar-refractivity contribution in [1.29, 1.82) is 0 Å². The molecule has 0 aromatic heterocycles. The van der Waals surface area contributed by atoms with E-state index in [0.717, 1.165) is 36.9 Å². The summed E-state index contributed by atoms with van der Waals surface area (Å²) in [4.78, 5) is 52.1. The molecule has 0 saturated heterocycles. The van der Waals surface area contributed by atoms with Crippen LogP contribution in [0, 0.1) is 23.2 Å². The molecule has 1 aliphatic carbocycles. The highest BCUT2D eigenvalue weighted by Crippen LogP contribution is 2.30. The molecule has 3 rings (SSSR count). The molecular weight excluding hydrogens is 558 g/mol. The monoisotopic (exact) mass is 613 g/mol. The van der Waals surface area contributed by atoms with E-state index in [1.165, 1.54) is 6.42 Å². The molecule has 1 saturated carbocycles. The minimum Gasteiger partial charge on any atom is -0.391 e. The molecule has 2 aliphatic rings. The van der Waals surface area contributed by atoms with Crippen LogP contribution in [0.25, 0.3) is 0 Å². The van der Waals surface area contributed by atoms with Crippen LogP contribution < -0.4 is 27.0 Å². The summed E-state index contributed by atoms with van der Waals surface area (Å²) in [6.45, 7) is 10.6. The van der Waals surface area contributed by atoms with Crippen molar-refractivity contribution in [2.45, 2.75) is 123 Å². The van der Waals surface area contributed by atoms with Gasteiger partial charge in [-0.25, -0.2) is 0 Å². The van der Waals surface area contributed by atoms with Gasteiger partial charge >= 0.3 is 0 Å². The number of carbonyl (C=O) groups excluding carboxylic acids is 4. The molecule has 246 valence electrons. The zero-order chi connectivity index (χ0) is 32.4. The van der Waals surface area contributed by atoms with Gasteiger partial charge in [0.1, 0.15) is 12.1 Å². The van der Waals surface area contributed by atoms with Gasteiger partial charge in [0.05, 0.1) is 18.6 Å². The molecule has 7 N–H and O–H groups in total. The fourth-order valence-corrected chi connectivity index (χ4v) is 6.29. The van der Waals surface area contributed by atoms with Crippen LogP contribution >= 0.6 is 0 Å². The number of nitrogens with one attached hydrogen (secondary N) is 4. The number of nitrogens with two attached hydrogens (primary N) is 1. The van der Waals surface area contributed by atoms with E-state index in [1.807, 2.05) is 58.9 Å². The summed E-state index contributed by atoms with van der Waals surface area (Å²) in [5.41, 5.74) is 7.41. The smallest absolute Gasteiger partial charge is 0.243 e. The lowest BCUT2D eigenvalue weighted by Gasteiger charge is -2.34. The van der Waals surface area contributed by atoms with Gasteiger partial charge in [-0.2, -0.15) is 0 Å². The summed E-state index contributed by atoms with van der Waals surface area (Å²) in [7, 11) is 0. The van der Waals surface area contributed by atoms with Crippen LogP contribution in [0.2, 0.25) is 0 Å². The van der Waals surface area contributed by atoms with E-state index < -0.39 is 42.0 Å². The number of hydrogen-bond donors (Lipinski definition) is 6. The molecule has 1 heterocycles. The SMILES string of the molecule is CC(C)[C@H](C[C@H](O)[C@H](CC1CCCCC1)NC(=O)[C@H](CC(N)=O)NC(=O)C1CCc2ccccc2N1)C(=O)NCC(C)(C)C. The largest absolute Gasteiger partial charge is 0.391 e. The minimum atomic E-state index is -1.18. The Bertz CT molecular complexity index is 1130. The average Bonchev–Trinajstić information content (AvgIpc) is 2.97. The van der Waals surface area contributed by atoms with Crippen LogP contribution in [-0.2, 0) is 25.6 Å². The molecule has 1 aromatic rings. The Morgan fingerprint density at radius 3 is 2.32 bits per heavy atom. The van der Waals surface area contributed by atoms with Gasteiger partial charge in [0.2, 0.25) is 23.6 Å². The Kier molecular flexibility index (Phi) is 13.1. The van der Waals surface area contributed by atoms with Crippen molar-refractivity contribution in [3.63, 3.8) is 0 Å². The van der Waals surface area contributed by atoms with Crippen molar-refractivity contribution >= 4 is 29.3 Å². The van der Waals surface area contributed by atoms with Gasteiger partial charge in [-0.1, -0.05) is 84.9 Å². The zero-order valence-electron chi connectivity index (χ0n) is 27.3. The first-order valence-corrected chi connectivity index (χ1v) is 16.4. The highest BCUT2D eigenvalue weighted by atomic mass is 16.3. The molecule has 44 heavy (non-hydrogen) atoms. The van der Waals surface area contributed by atoms with Gasteiger partial charge in [0, 0.05) is 18.2 Å². The highest BCUT2D eigenvalue weighted by Gasteiger charge is 2.35. The quantitative estimate of drug-likeness (QED) is 0.188. The molecule has 1 aliphatic heterocycles. The summed E-state index contributed by atoms with van der Waals surface area (Å²) < 4.78 is 0. The summed E-state index contributed by atoms with van der Waals surface area (Å²) in [5.74, 6) is -1.92. The molecular formula is C34H55N5O5. The number of amides is 4. The molecule has 0 bridgehead atoms. The van der Waals surface area contributed by atoms with E-state index in [0.29, 0.717) is 31.7 Å². The van der Waals surface area contributed by atoms with Crippen molar-refractivity contribution in [2.24, 2.45) is 28.9 Å². The average molecular weight is 614 g/mol. The van der Waals surface area contributed by atoms with Crippen molar-refractivity contribution in [3.8, 4) is 0 Å². The Hall–Kier alpha value is -3.14. The van der Waals surface area contributed by atoms with E-state index in [1.54, 1.807) is 0 Å². The van der Waals surface area contributed by atoms with Crippen molar-refractivity contribution < 1.29 is 24.3 Å². The topological polar surface area (TPSA) is 163 Å². The molecule has 0 spiro atoms. The van der Waals surface area contributed by atoms with Crippen LogP contribution in [0.5, 0.6) is 0 Å². The van der Waals surface area contributed by atoms with E-state index in [2.05, 4.69) is 21.3 Å². The number of anilines is 1. The second-order valence-corrected chi connectivity index (χ2v) is 14.4. The molecule has 1 unspecified atom stereocenters. The maximum absolute atomic E-state index is 13.7. The number of rotatable bonds is 14. The number of carbonyl (C=O) groups is 4. The second kappa shape index (κ2) is 16.3. The minimum absolute atomic E-state index is 0.0225. The van der Waals surface area contributed by atoms with Gasteiger partial charge in [-0.15, -0.1) is 0 Å². The third-order valence-corrected chi connectivity index (χ3v) is 8.94. The summed E-state index contributed by atoms with van der Waals surface area (Å²) in [6.07, 6.45) is 6.03. The highest BCUT2D eigenvalue weighted by molar-refractivity contribution is 5.94. The van der Waals surface area contributed by atoms with Crippen LogP contribution in [0.1, 0.15) is 98.0 Å². The van der Waals surface area contributed by atoms with Crippen molar-refractivity contribution in [2.75, 3.05) is 11.9 Å². The van der Waals surface area contributed by atoms with Gasteiger partial charge in [0.25, 0.3) is 0 Å². The lowest BCUT2D eigenvalue weighted by Crippen LogP contribution is -2.56. The number of aryl methyl sites for hydroxylation is 1. The van der Waals surface area contributed by atoms with Gasteiger partial charge in [-0.05, 0) is 54.6 Å². The zero-order valence-corrected chi connectivity index (χ0v) is 27.3. The molecule has 4 amide bonds. The Morgan fingerprint density at radius 1 is 1.00 bits per heavy atom. The lowest BCUT2D eigenvalue weighted by molar-refractivity contribution is -0.133. The number of fused-ring (bicyclic) bond motifs is 1. The van der Waals surface area contributed by atoms with Crippen LogP contribution in [-0.4, -0.2) is 59.5 Å². The summed E-state index contributed by atoms with van der Waals surface area (Å²) >= 11 is 0. The maximum atomic E-state index is 13.7. The Morgan fingerprint density at radius 2 is 1.68 bits per heavy atom. The third-order valence-electron chi connectivity index (χ3n) is 8.94. The van der Waals surface area contributed by atoms with Crippen molar-refractivity contribution in [3.05, 3.63) is 29.8 Å². The second-order valence-electron chi connectivity index (χ2n) is 14.4. The predicted molar refractivity (Wildman–Crippen MR) is 172 cm³/mol. The first-order valence-electron chi connectivity index (χ1n) is 16.4. The molecule has 1 aromatic carbocycles. The third kappa shape index (κ3) is 11.1. The first-order chi connectivity index (χ1) is 20.7. The predicted octanol–water partition coefficient (Wildman–Crippen LogP) is 3.41. The molecule has 1 fully saturated rings. The van der Waals surface area contributed by atoms with E-state index >= 15 is 0 Å². The summed E-state index contributed by atoms with van der Waals surface area (Å²) in [5, 5.41) is 23.5. The number of benzene rings is 1. The number of para-hydroxylation sites is 1. The van der Waals surface area contributed by atoms with Crippen LogP contribution in [0.3, 0.4) is 0 Å². The van der Waals surface area contributed by atoms with E-state index in [9.17, 15) is 24.3 Å². The van der Waals surface area contributed by atoms with Crippen LogP contribution in [0.15, 0.2) is 24.3 Å². The number of aliphatic hydroxyl groups excluding tert-OH is 1. The molecule has 0 radical (unpaired) electrons. The lowest BCUT2D eigenvalue weighted by atomic mass is 9.81. The molecule has 10 heteroatoms. The van der Waals surface area contributed by atoms with Crippen LogP contribution in [0.4, 0.5) is 5.69 Å². The van der Waals surface area contributed by atoms with Gasteiger partial charge in [-0.3, -0.25) is 19.2 Å². The number of aliphatic hydroxyl groups is 1. The first kappa shape index (κ1) is 35.3. The Labute approximate surface area is 263 Å². The fraction of sp³-hybridized carbons (Fsp3) is 0.706. The molecule has 5 atom stereocenters. The molecule has 10 nitrogen and oxygen atoms in total. The Balaban J connectivity index is 1.73. The van der Waals surface area contributed by atoms with E-state index in [4.69, 9.17) is 5.73 Å². The number of hydrogen-bond acceptors (Lipinski definition) is 6. The maximum Gasteiger partial charge on any atom is 0.243 e. The normalized spacial score (nSPS) is 19.9. The van der Waals surface area contributed by atoms with Crippen molar-refractivity contribution in [1.82, 2.24) is 16.0 Å². The van der Waals surface area contributed by atoms with Gasteiger partial charge < -0.3 is 32.1 Å². The fourth-order valence-electron chi connectivity index (χ4n) is 6.29. The number of primary amides is 1. The summed E-state index contributed by atoms with van der Waals surface area (Å²) in [6, 6.07) is 5.38. The van der Waals surface area contributed by atoms with Gasteiger partial charge in [0.15, 0.2) is 0 Å². The standard InChI is InChI=1S/C34H55N5O5/c1-21(2)24(31(42)36-20-34(3,4)5)18-29(40)27(17-22-11-7-6-8-12-22)38-33(44)28(19-30(35)41)39-32(43)26-16-15-23-13-9-10-14-25(23)37-26/h9-10,13-14,21-22,24,26-29,37,40H,6-8,11-12,15-20H2,1-5H3,(H2,35,41)(H,36,42)(H,38,44)(H,39,43)/t24-,26?,27-,28-,29-/m0/s1.